The lowest BCUT2D eigenvalue weighted by atomic mass is 9.98. The summed E-state index contributed by atoms with van der Waals surface area (Å²) in [5.74, 6) is 1.37. The van der Waals surface area contributed by atoms with Crippen molar-refractivity contribution in [2.24, 2.45) is 0 Å². The van der Waals surface area contributed by atoms with Gasteiger partial charge in [-0.25, -0.2) is 0 Å². The second-order valence-corrected chi connectivity index (χ2v) is 7.09. The number of amides is 2. The molecule has 0 aliphatic heterocycles. The van der Waals surface area contributed by atoms with E-state index in [1.165, 1.54) is 11.8 Å². The summed E-state index contributed by atoms with van der Waals surface area (Å²) < 4.78 is 4.88. The van der Waals surface area contributed by atoms with Gasteiger partial charge in [-0.2, -0.15) is 0 Å². The maximum Gasteiger partial charge on any atom is 0.235 e. The summed E-state index contributed by atoms with van der Waals surface area (Å²) >= 11 is 1.25. The van der Waals surface area contributed by atoms with Crippen molar-refractivity contribution in [3.63, 3.8) is 0 Å². The largest absolute Gasteiger partial charge is 0.360 e. The number of aryl methyl sites for hydroxylation is 2. The number of nitrogens with zero attached hydrogens (tertiary/aromatic N) is 1. The topological polar surface area (TPSA) is 84.2 Å². The molecule has 1 aromatic heterocycles. The van der Waals surface area contributed by atoms with E-state index >= 15 is 0 Å². The fourth-order valence-electron chi connectivity index (χ4n) is 2.36. The molecule has 2 amide bonds. The van der Waals surface area contributed by atoms with Gasteiger partial charge in [-0.05, 0) is 30.9 Å². The van der Waals surface area contributed by atoms with Crippen LogP contribution in [0.15, 0.2) is 28.8 Å². The maximum absolute atomic E-state index is 12.2. The van der Waals surface area contributed by atoms with E-state index in [-0.39, 0.29) is 23.3 Å². The highest BCUT2D eigenvalue weighted by Gasteiger charge is 2.13. The van der Waals surface area contributed by atoms with E-state index in [2.05, 4.69) is 29.6 Å². The molecule has 0 fully saturated rings. The highest BCUT2D eigenvalue weighted by Crippen LogP contribution is 2.27. The molecule has 134 valence electrons. The number of aromatic nitrogens is 1. The molecule has 0 aliphatic carbocycles. The maximum atomic E-state index is 12.2. The second-order valence-electron chi connectivity index (χ2n) is 6.11. The first-order chi connectivity index (χ1) is 11.9. The van der Waals surface area contributed by atoms with Gasteiger partial charge in [-0.15, -0.1) is 11.8 Å². The Labute approximate surface area is 151 Å². The van der Waals surface area contributed by atoms with Crippen LogP contribution in [0.25, 0.3) is 0 Å². The van der Waals surface area contributed by atoms with Crippen molar-refractivity contribution in [2.45, 2.75) is 33.6 Å². The smallest absolute Gasteiger partial charge is 0.235 e. The molecule has 0 bridgehead atoms. The van der Waals surface area contributed by atoms with Crippen LogP contribution in [0.4, 0.5) is 11.5 Å². The van der Waals surface area contributed by atoms with Gasteiger partial charge in [-0.3, -0.25) is 9.59 Å². The molecule has 6 nitrogen and oxygen atoms in total. The highest BCUT2D eigenvalue weighted by molar-refractivity contribution is 8.00. The van der Waals surface area contributed by atoms with Gasteiger partial charge in [0, 0.05) is 11.8 Å². The van der Waals surface area contributed by atoms with Crippen LogP contribution in [0.5, 0.6) is 0 Å². The van der Waals surface area contributed by atoms with Crippen molar-refractivity contribution in [3.05, 3.63) is 41.2 Å². The molecule has 0 atom stereocenters. The zero-order valence-electron chi connectivity index (χ0n) is 14.9. The number of rotatable bonds is 7. The molecule has 0 radical (unpaired) electrons. The molecule has 0 unspecified atom stereocenters. The van der Waals surface area contributed by atoms with Crippen LogP contribution in [0.1, 0.15) is 36.7 Å². The van der Waals surface area contributed by atoms with E-state index < -0.39 is 0 Å². The van der Waals surface area contributed by atoms with Crippen LogP contribution in [0, 0.1) is 13.8 Å². The Hall–Kier alpha value is -2.28. The van der Waals surface area contributed by atoms with Crippen LogP contribution in [0.3, 0.4) is 0 Å². The Morgan fingerprint density at radius 2 is 1.84 bits per heavy atom. The molecule has 0 spiro atoms. The van der Waals surface area contributed by atoms with Crippen molar-refractivity contribution in [2.75, 3.05) is 22.1 Å². The molecule has 2 N–H and O–H groups in total. The lowest BCUT2D eigenvalue weighted by Crippen LogP contribution is -2.19. The Kier molecular flexibility index (Phi) is 6.64. The Morgan fingerprint density at radius 1 is 1.16 bits per heavy atom. The first kappa shape index (κ1) is 19.1. The van der Waals surface area contributed by atoms with E-state index in [9.17, 15) is 9.59 Å². The van der Waals surface area contributed by atoms with Gasteiger partial charge in [0.05, 0.1) is 11.5 Å². The highest BCUT2D eigenvalue weighted by atomic mass is 32.2. The zero-order valence-corrected chi connectivity index (χ0v) is 15.7. The molecule has 0 saturated heterocycles. The standard InChI is InChI=1S/C18H23N3O3S/c1-11(2)14-7-5-6-12(3)18(14)20-17(23)10-25-9-16(22)19-15-8-13(4)24-21-15/h5-8,11H,9-10H2,1-4H3,(H,20,23)(H,19,21,22). The number of hydrogen-bond donors (Lipinski definition) is 2. The van der Waals surface area contributed by atoms with Crippen LogP contribution < -0.4 is 10.6 Å². The number of thioether (sulfide) groups is 1. The van der Waals surface area contributed by atoms with Crippen molar-refractivity contribution in [3.8, 4) is 0 Å². The molecule has 1 aromatic carbocycles. The summed E-state index contributed by atoms with van der Waals surface area (Å²) in [4.78, 5) is 24.0. The molecular formula is C18H23N3O3S. The van der Waals surface area contributed by atoms with Gasteiger partial charge in [0.2, 0.25) is 11.8 Å². The average molecular weight is 361 g/mol. The summed E-state index contributed by atoms with van der Waals surface area (Å²) in [5, 5.41) is 9.29. The third kappa shape index (κ3) is 5.63. The molecule has 0 aliphatic rings. The van der Waals surface area contributed by atoms with Gasteiger partial charge < -0.3 is 15.2 Å². The minimum absolute atomic E-state index is 0.119. The minimum Gasteiger partial charge on any atom is -0.360 e. The minimum atomic E-state index is -0.218. The van der Waals surface area contributed by atoms with Gasteiger partial charge in [0.25, 0.3) is 0 Å². The predicted octanol–water partition coefficient (Wildman–Crippen LogP) is 3.73. The van der Waals surface area contributed by atoms with E-state index in [1.807, 2.05) is 25.1 Å². The molecule has 1 heterocycles. The Balaban J connectivity index is 1.82. The van der Waals surface area contributed by atoms with Gasteiger partial charge in [-0.1, -0.05) is 37.2 Å². The third-order valence-electron chi connectivity index (χ3n) is 3.55. The lowest BCUT2D eigenvalue weighted by Gasteiger charge is -2.16. The predicted molar refractivity (Wildman–Crippen MR) is 101 cm³/mol. The van der Waals surface area contributed by atoms with E-state index in [0.29, 0.717) is 17.5 Å². The van der Waals surface area contributed by atoms with Crippen LogP contribution >= 0.6 is 11.8 Å². The van der Waals surface area contributed by atoms with Gasteiger partial charge in [0.15, 0.2) is 5.82 Å². The summed E-state index contributed by atoms with van der Waals surface area (Å²) in [6, 6.07) is 7.63. The Bertz CT molecular complexity index is 756. The molecule has 2 aromatic rings. The fourth-order valence-corrected chi connectivity index (χ4v) is 2.98. The number of carbonyl (C=O) groups is 2. The normalized spacial score (nSPS) is 10.8. The van der Waals surface area contributed by atoms with Crippen molar-refractivity contribution in [1.29, 1.82) is 0 Å². The van der Waals surface area contributed by atoms with E-state index in [4.69, 9.17) is 4.52 Å². The zero-order chi connectivity index (χ0) is 18.4. The first-order valence-corrected chi connectivity index (χ1v) is 9.22. The third-order valence-corrected chi connectivity index (χ3v) is 4.49. The number of para-hydroxylation sites is 1. The summed E-state index contributed by atoms with van der Waals surface area (Å²) in [7, 11) is 0. The lowest BCUT2D eigenvalue weighted by molar-refractivity contribution is -0.114. The Morgan fingerprint density at radius 3 is 2.44 bits per heavy atom. The summed E-state index contributed by atoms with van der Waals surface area (Å²) in [5.41, 5.74) is 3.01. The van der Waals surface area contributed by atoms with Crippen LogP contribution in [-0.2, 0) is 9.59 Å². The molecule has 7 heteroatoms. The van der Waals surface area contributed by atoms with Crippen LogP contribution in [-0.4, -0.2) is 28.5 Å². The van der Waals surface area contributed by atoms with Gasteiger partial charge >= 0.3 is 0 Å². The summed E-state index contributed by atoms with van der Waals surface area (Å²) in [6.07, 6.45) is 0. The molecule has 0 saturated carbocycles. The van der Waals surface area contributed by atoms with E-state index in [1.54, 1.807) is 13.0 Å². The summed E-state index contributed by atoms with van der Waals surface area (Å²) in [6.45, 7) is 7.91. The number of anilines is 2. The second kappa shape index (κ2) is 8.71. The SMILES string of the molecule is Cc1cc(NC(=O)CSCC(=O)Nc2c(C)cccc2C(C)C)no1. The molecular weight excluding hydrogens is 338 g/mol. The molecule has 25 heavy (non-hydrogen) atoms. The molecule has 2 rings (SSSR count). The number of carbonyl (C=O) groups excluding carboxylic acids is 2. The van der Waals surface area contributed by atoms with Crippen molar-refractivity contribution in [1.82, 2.24) is 5.16 Å². The van der Waals surface area contributed by atoms with Crippen molar-refractivity contribution < 1.29 is 14.1 Å². The quantitative estimate of drug-likeness (QED) is 0.785. The van der Waals surface area contributed by atoms with Crippen LogP contribution in [0.2, 0.25) is 0 Å². The number of nitrogens with one attached hydrogen (secondary N) is 2. The number of benzene rings is 1. The monoisotopic (exact) mass is 361 g/mol. The first-order valence-electron chi connectivity index (χ1n) is 8.07. The van der Waals surface area contributed by atoms with E-state index in [0.717, 1.165) is 16.8 Å². The fraction of sp³-hybridized carbons (Fsp3) is 0.389. The van der Waals surface area contributed by atoms with Crippen molar-refractivity contribution >= 4 is 35.1 Å². The van der Waals surface area contributed by atoms with Gasteiger partial charge in [0.1, 0.15) is 5.76 Å². The number of hydrogen-bond acceptors (Lipinski definition) is 5. The average Bonchev–Trinajstić information content (AvgIpc) is 2.94.